The van der Waals surface area contributed by atoms with Gasteiger partial charge in [-0.1, -0.05) is 76.0 Å². The minimum Gasteiger partial charge on any atom is -0.478 e. The molecule has 128 valence electrons. The molecule has 0 amide bonds. The standard InChI is InChI=1S/C18H32O4/c19-16-12-8-6-4-2-1-3-5-7-9-13-17(20)14-10-11-15-18(21)22/h10-11,14-15,17,19-20H,1-9,12-13,16H2,(H,21,22). The van der Waals surface area contributed by atoms with Crippen molar-refractivity contribution in [2.24, 2.45) is 0 Å². The van der Waals surface area contributed by atoms with E-state index in [1.165, 1.54) is 44.6 Å². The number of rotatable bonds is 15. The smallest absolute Gasteiger partial charge is 0.328 e. The molecule has 0 heterocycles. The first-order valence-electron chi connectivity index (χ1n) is 8.53. The second-order valence-corrected chi connectivity index (χ2v) is 5.70. The normalized spacial score (nSPS) is 13.2. The Morgan fingerprint density at radius 3 is 1.82 bits per heavy atom. The lowest BCUT2D eigenvalue weighted by Crippen LogP contribution is -2.01. The van der Waals surface area contributed by atoms with Crippen LogP contribution in [0.15, 0.2) is 24.3 Å². The van der Waals surface area contributed by atoms with Gasteiger partial charge in [0, 0.05) is 12.7 Å². The molecule has 0 saturated carbocycles. The van der Waals surface area contributed by atoms with Crippen molar-refractivity contribution in [2.75, 3.05) is 6.61 Å². The number of aliphatic hydroxyl groups is 2. The zero-order chi connectivity index (χ0) is 16.5. The monoisotopic (exact) mass is 312 g/mol. The molecule has 0 rings (SSSR count). The number of carbonyl (C=O) groups is 1. The highest BCUT2D eigenvalue weighted by Gasteiger charge is 1.98. The SMILES string of the molecule is O=C(O)C=CC=CC(O)CCCCCCCCCCCCO. The number of carboxylic acids is 1. The third kappa shape index (κ3) is 16.9. The predicted molar refractivity (Wildman–Crippen MR) is 89.8 cm³/mol. The Kier molecular flexibility index (Phi) is 15.4. The molecule has 4 heteroatoms. The highest BCUT2D eigenvalue weighted by atomic mass is 16.4. The summed E-state index contributed by atoms with van der Waals surface area (Å²) in [5, 5.41) is 26.7. The van der Waals surface area contributed by atoms with Crippen molar-refractivity contribution in [3.63, 3.8) is 0 Å². The summed E-state index contributed by atoms with van der Waals surface area (Å²) in [6.45, 7) is 0.316. The Bertz CT molecular complexity index is 310. The van der Waals surface area contributed by atoms with Crippen molar-refractivity contribution in [3.05, 3.63) is 24.3 Å². The first kappa shape index (κ1) is 20.9. The van der Waals surface area contributed by atoms with E-state index in [0.717, 1.165) is 38.2 Å². The van der Waals surface area contributed by atoms with Crippen LogP contribution >= 0.6 is 0 Å². The predicted octanol–water partition coefficient (Wildman–Crippen LogP) is 3.83. The van der Waals surface area contributed by atoms with Gasteiger partial charge in [0.15, 0.2) is 0 Å². The Balaban J connectivity index is 3.30. The highest BCUT2D eigenvalue weighted by Crippen LogP contribution is 2.12. The molecule has 0 aliphatic carbocycles. The van der Waals surface area contributed by atoms with E-state index in [9.17, 15) is 9.90 Å². The van der Waals surface area contributed by atoms with Crippen LogP contribution in [0.25, 0.3) is 0 Å². The molecule has 3 N–H and O–H groups in total. The molecule has 0 fully saturated rings. The second kappa shape index (κ2) is 16.2. The van der Waals surface area contributed by atoms with E-state index >= 15 is 0 Å². The zero-order valence-corrected chi connectivity index (χ0v) is 13.6. The molecule has 1 unspecified atom stereocenters. The van der Waals surface area contributed by atoms with Crippen LogP contribution in [0, 0.1) is 0 Å². The molecule has 0 radical (unpaired) electrons. The van der Waals surface area contributed by atoms with Crippen LogP contribution < -0.4 is 0 Å². The molecule has 0 aliphatic rings. The van der Waals surface area contributed by atoms with Gasteiger partial charge in [0.25, 0.3) is 0 Å². The van der Waals surface area contributed by atoms with Gasteiger partial charge in [0.2, 0.25) is 0 Å². The van der Waals surface area contributed by atoms with Gasteiger partial charge in [-0.3, -0.25) is 0 Å². The molecular formula is C18H32O4. The van der Waals surface area contributed by atoms with E-state index in [4.69, 9.17) is 10.2 Å². The van der Waals surface area contributed by atoms with Gasteiger partial charge in [-0.05, 0) is 12.8 Å². The molecule has 0 aliphatic heterocycles. The van der Waals surface area contributed by atoms with Gasteiger partial charge < -0.3 is 15.3 Å². The van der Waals surface area contributed by atoms with E-state index in [-0.39, 0.29) is 0 Å². The number of hydrogen-bond donors (Lipinski definition) is 3. The quantitative estimate of drug-likeness (QED) is 0.244. The van der Waals surface area contributed by atoms with E-state index in [1.807, 2.05) is 0 Å². The van der Waals surface area contributed by atoms with Gasteiger partial charge in [0.1, 0.15) is 0 Å². The van der Waals surface area contributed by atoms with Crippen molar-refractivity contribution in [2.45, 2.75) is 76.7 Å². The van der Waals surface area contributed by atoms with Gasteiger partial charge in [-0.15, -0.1) is 0 Å². The van der Waals surface area contributed by atoms with Crippen LogP contribution in [-0.4, -0.2) is 34.0 Å². The maximum absolute atomic E-state index is 10.2. The summed E-state index contributed by atoms with van der Waals surface area (Å²) in [5.74, 6) is -0.979. The van der Waals surface area contributed by atoms with E-state index < -0.39 is 12.1 Å². The van der Waals surface area contributed by atoms with Gasteiger partial charge in [-0.25, -0.2) is 4.79 Å². The molecule has 0 spiro atoms. The fourth-order valence-corrected chi connectivity index (χ4v) is 2.31. The van der Waals surface area contributed by atoms with Gasteiger partial charge in [0.05, 0.1) is 6.10 Å². The lowest BCUT2D eigenvalue weighted by atomic mass is 10.0. The minimum absolute atomic E-state index is 0.316. The van der Waals surface area contributed by atoms with Crippen molar-refractivity contribution < 1.29 is 20.1 Å². The van der Waals surface area contributed by atoms with Crippen molar-refractivity contribution >= 4 is 5.97 Å². The molecular weight excluding hydrogens is 280 g/mol. The second-order valence-electron chi connectivity index (χ2n) is 5.70. The van der Waals surface area contributed by atoms with Gasteiger partial charge in [-0.2, -0.15) is 0 Å². The first-order chi connectivity index (χ1) is 10.7. The third-order valence-corrected chi connectivity index (χ3v) is 3.59. The number of allylic oxidation sites excluding steroid dienone is 2. The number of unbranched alkanes of at least 4 members (excludes halogenated alkanes) is 9. The van der Waals surface area contributed by atoms with Crippen LogP contribution in [0.2, 0.25) is 0 Å². The fourth-order valence-electron chi connectivity index (χ4n) is 2.31. The summed E-state index contributed by atoms with van der Waals surface area (Å²) in [7, 11) is 0. The van der Waals surface area contributed by atoms with Crippen LogP contribution in [0.3, 0.4) is 0 Å². The average Bonchev–Trinajstić information content (AvgIpc) is 2.49. The molecule has 0 aromatic rings. The number of aliphatic carboxylic acids is 1. The minimum atomic E-state index is -0.979. The van der Waals surface area contributed by atoms with Crippen LogP contribution in [0.1, 0.15) is 70.6 Å². The summed E-state index contributed by atoms with van der Waals surface area (Å²) in [4.78, 5) is 10.2. The summed E-state index contributed by atoms with van der Waals surface area (Å²) in [6, 6.07) is 0. The number of hydrogen-bond acceptors (Lipinski definition) is 3. The molecule has 0 aromatic carbocycles. The molecule has 0 saturated heterocycles. The summed E-state index contributed by atoms with van der Waals surface area (Å²) in [5.41, 5.74) is 0. The Morgan fingerprint density at radius 1 is 0.818 bits per heavy atom. The van der Waals surface area contributed by atoms with E-state index in [1.54, 1.807) is 12.2 Å². The summed E-state index contributed by atoms with van der Waals surface area (Å²) in [6.07, 6.45) is 17.7. The molecule has 4 nitrogen and oxygen atoms in total. The Morgan fingerprint density at radius 2 is 1.32 bits per heavy atom. The highest BCUT2D eigenvalue weighted by molar-refractivity contribution is 5.80. The lowest BCUT2D eigenvalue weighted by Gasteiger charge is -2.05. The number of carboxylic acid groups (broad SMARTS) is 1. The van der Waals surface area contributed by atoms with Crippen LogP contribution in [0.5, 0.6) is 0 Å². The van der Waals surface area contributed by atoms with Crippen molar-refractivity contribution in [1.29, 1.82) is 0 Å². The van der Waals surface area contributed by atoms with Crippen LogP contribution in [0.4, 0.5) is 0 Å². The summed E-state index contributed by atoms with van der Waals surface area (Å²) < 4.78 is 0. The molecule has 22 heavy (non-hydrogen) atoms. The van der Waals surface area contributed by atoms with E-state index in [2.05, 4.69) is 0 Å². The van der Waals surface area contributed by atoms with Crippen molar-refractivity contribution in [3.8, 4) is 0 Å². The molecule has 1 atom stereocenters. The maximum Gasteiger partial charge on any atom is 0.328 e. The summed E-state index contributed by atoms with van der Waals surface area (Å²) >= 11 is 0. The lowest BCUT2D eigenvalue weighted by molar-refractivity contribution is -0.131. The first-order valence-corrected chi connectivity index (χ1v) is 8.53. The molecule has 0 aromatic heterocycles. The maximum atomic E-state index is 10.2. The zero-order valence-electron chi connectivity index (χ0n) is 13.6. The number of aliphatic hydroxyl groups excluding tert-OH is 2. The van der Waals surface area contributed by atoms with Crippen molar-refractivity contribution in [1.82, 2.24) is 0 Å². The Labute approximate surface area is 134 Å². The average molecular weight is 312 g/mol. The van der Waals surface area contributed by atoms with Crippen LogP contribution in [-0.2, 0) is 4.79 Å². The largest absolute Gasteiger partial charge is 0.478 e. The third-order valence-electron chi connectivity index (χ3n) is 3.59. The topological polar surface area (TPSA) is 77.8 Å². The van der Waals surface area contributed by atoms with E-state index in [0.29, 0.717) is 6.61 Å². The molecule has 0 bridgehead atoms. The Hall–Kier alpha value is -1.13. The van der Waals surface area contributed by atoms with Gasteiger partial charge >= 0.3 is 5.97 Å². The fraction of sp³-hybridized carbons (Fsp3) is 0.722.